The molecule has 1 aromatic heterocycles. The summed E-state index contributed by atoms with van der Waals surface area (Å²) in [6.07, 6.45) is 2.15. The zero-order chi connectivity index (χ0) is 14.0. The number of carbonyl (C=O) groups is 2. The molecule has 0 spiro atoms. The number of amides is 1. The summed E-state index contributed by atoms with van der Waals surface area (Å²) in [5, 5.41) is 3.27. The van der Waals surface area contributed by atoms with Crippen molar-refractivity contribution in [3.05, 3.63) is 10.4 Å². The van der Waals surface area contributed by atoms with Crippen LogP contribution < -0.4 is 16.0 Å². The largest absolute Gasteiger partial charge is 0.465 e. The van der Waals surface area contributed by atoms with Gasteiger partial charge in [0.2, 0.25) is 0 Å². The van der Waals surface area contributed by atoms with Crippen LogP contribution in [0.15, 0.2) is 0 Å². The SMILES string of the molecule is CNC(=O)c1sc(N2CCCC2)c(C(=O)OC)c1N. The van der Waals surface area contributed by atoms with Gasteiger partial charge in [-0.05, 0) is 12.8 Å². The van der Waals surface area contributed by atoms with Gasteiger partial charge >= 0.3 is 5.97 Å². The lowest BCUT2D eigenvalue weighted by molar-refractivity contribution is 0.0603. The number of nitrogens with two attached hydrogens (primary N) is 1. The molecule has 7 heteroatoms. The van der Waals surface area contributed by atoms with Crippen molar-refractivity contribution < 1.29 is 14.3 Å². The number of nitrogens with zero attached hydrogens (tertiary/aromatic N) is 1. The molecule has 0 saturated carbocycles. The first-order chi connectivity index (χ1) is 9.10. The van der Waals surface area contributed by atoms with Gasteiger partial charge in [0.15, 0.2) is 0 Å². The van der Waals surface area contributed by atoms with Gasteiger partial charge in [0.05, 0.1) is 12.8 Å². The number of rotatable bonds is 3. The number of nitrogens with one attached hydrogen (secondary N) is 1. The standard InChI is InChI=1S/C12H17N3O3S/c1-14-10(16)9-8(13)7(12(17)18-2)11(19-9)15-5-3-4-6-15/h3-6,13H2,1-2H3,(H,14,16). The van der Waals surface area contributed by atoms with Crippen molar-refractivity contribution in [1.82, 2.24) is 5.32 Å². The van der Waals surface area contributed by atoms with Crippen LogP contribution in [-0.4, -0.2) is 39.1 Å². The Kier molecular flexibility index (Phi) is 3.94. The van der Waals surface area contributed by atoms with Crippen molar-refractivity contribution >= 4 is 33.9 Å². The molecule has 19 heavy (non-hydrogen) atoms. The third-order valence-corrected chi connectivity index (χ3v) is 4.41. The van der Waals surface area contributed by atoms with E-state index in [9.17, 15) is 9.59 Å². The van der Waals surface area contributed by atoms with Crippen molar-refractivity contribution in [3.8, 4) is 0 Å². The molecular weight excluding hydrogens is 266 g/mol. The molecule has 6 nitrogen and oxygen atoms in total. The summed E-state index contributed by atoms with van der Waals surface area (Å²) in [7, 11) is 2.85. The molecule has 2 heterocycles. The number of methoxy groups -OCH3 is 1. The Morgan fingerprint density at radius 2 is 2.00 bits per heavy atom. The molecule has 1 fully saturated rings. The third kappa shape index (κ3) is 2.37. The predicted octanol–water partition coefficient (Wildman–Crippen LogP) is 1.08. The van der Waals surface area contributed by atoms with Crippen molar-refractivity contribution in [2.45, 2.75) is 12.8 Å². The van der Waals surface area contributed by atoms with Crippen LogP contribution in [0, 0.1) is 0 Å². The van der Waals surface area contributed by atoms with E-state index in [1.807, 2.05) is 0 Å². The molecule has 0 aliphatic carbocycles. The van der Waals surface area contributed by atoms with Crippen LogP contribution in [0.3, 0.4) is 0 Å². The van der Waals surface area contributed by atoms with E-state index in [1.54, 1.807) is 0 Å². The molecule has 3 N–H and O–H groups in total. The highest BCUT2D eigenvalue weighted by atomic mass is 32.1. The molecular formula is C12H17N3O3S. The average Bonchev–Trinajstić information content (AvgIpc) is 3.04. The number of nitrogen functional groups attached to an aromatic ring is 1. The zero-order valence-electron chi connectivity index (χ0n) is 11.0. The van der Waals surface area contributed by atoms with Gasteiger partial charge in [-0.2, -0.15) is 0 Å². The van der Waals surface area contributed by atoms with Gasteiger partial charge in [-0.25, -0.2) is 4.79 Å². The van der Waals surface area contributed by atoms with Crippen molar-refractivity contribution in [3.63, 3.8) is 0 Å². The number of ether oxygens (including phenoxy) is 1. The summed E-state index contributed by atoms with van der Waals surface area (Å²) >= 11 is 1.25. The number of anilines is 2. The quantitative estimate of drug-likeness (QED) is 0.811. The fourth-order valence-electron chi connectivity index (χ4n) is 2.16. The molecule has 2 rings (SSSR count). The van der Waals surface area contributed by atoms with Gasteiger partial charge in [0.1, 0.15) is 15.4 Å². The number of thiophene rings is 1. The maximum atomic E-state index is 11.9. The monoisotopic (exact) mass is 283 g/mol. The van der Waals surface area contributed by atoms with Gasteiger partial charge in [-0.3, -0.25) is 4.79 Å². The summed E-state index contributed by atoms with van der Waals surface area (Å²) < 4.78 is 4.77. The highest BCUT2D eigenvalue weighted by molar-refractivity contribution is 7.19. The minimum atomic E-state index is -0.495. The molecule has 1 saturated heterocycles. The Balaban J connectivity index is 2.50. The predicted molar refractivity (Wildman–Crippen MR) is 74.9 cm³/mol. The number of hydrogen-bond donors (Lipinski definition) is 2. The van der Waals surface area contributed by atoms with Gasteiger partial charge in [-0.1, -0.05) is 0 Å². The van der Waals surface area contributed by atoms with Crippen LogP contribution in [0.2, 0.25) is 0 Å². The van der Waals surface area contributed by atoms with Gasteiger partial charge in [0, 0.05) is 20.1 Å². The fraction of sp³-hybridized carbons (Fsp3) is 0.500. The highest BCUT2D eigenvalue weighted by Crippen LogP contribution is 2.40. The minimum absolute atomic E-state index is 0.207. The second kappa shape index (κ2) is 5.48. The summed E-state index contributed by atoms with van der Waals surface area (Å²) in [5.74, 6) is -0.774. The Labute approximate surface area is 115 Å². The van der Waals surface area contributed by atoms with E-state index in [0.717, 1.165) is 30.9 Å². The zero-order valence-corrected chi connectivity index (χ0v) is 11.8. The minimum Gasteiger partial charge on any atom is -0.465 e. The van der Waals surface area contributed by atoms with E-state index in [0.29, 0.717) is 10.4 Å². The van der Waals surface area contributed by atoms with Crippen LogP contribution in [-0.2, 0) is 4.74 Å². The van der Waals surface area contributed by atoms with Crippen molar-refractivity contribution in [2.75, 3.05) is 37.9 Å². The maximum Gasteiger partial charge on any atom is 0.343 e. The van der Waals surface area contributed by atoms with E-state index in [2.05, 4.69) is 10.2 Å². The fourth-order valence-corrected chi connectivity index (χ4v) is 3.36. The van der Waals surface area contributed by atoms with Crippen molar-refractivity contribution in [1.29, 1.82) is 0 Å². The maximum absolute atomic E-state index is 11.9. The molecule has 1 aliphatic rings. The molecule has 0 atom stereocenters. The highest BCUT2D eigenvalue weighted by Gasteiger charge is 2.29. The Morgan fingerprint density at radius 3 is 2.53 bits per heavy atom. The van der Waals surface area contributed by atoms with Gasteiger partial charge in [0.25, 0.3) is 5.91 Å². The molecule has 1 amide bonds. The van der Waals surface area contributed by atoms with Gasteiger partial charge < -0.3 is 20.7 Å². The lowest BCUT2D eigenvalue weighted by atomic mass is 10.2. The molecule has 1 aliphatic heterocycles. The molecule has 0 unspecified atom stereocenters. The van der Waals surface area contributed by atoms with E-state index < -0.39 is 5.97 Å². The first-order valence-corrected chi connectivity index (χ1v) is 6.89. The van der Waals surface area contributed by atoms with E-state index >= 15 is 0 Å². The summed E-state index contributed by atoms with van der Waals surface area (Å²) in [5.41, 5.74) is 6.47. The number of carbonyl (C=O) groups excluding carboxylic acids is 2. The van der Waals surface area contributed by atoms with Crippen molar-refractivity contribution in [2.24, 2.45) is 0 Å². The van der Waals surface area contributed by atoms with Gasteiger partial charge in [-0.15, -0.1) is 11.3 Å². The van der Waals surface area contributed by atoms with Crippen LogP contribution in [0.1, 0.15) is 32.9 Å². The number of hydrogen-bond acceptors (Lipinski definition) is 6. The number of esters is 1. The first kappa shape index (κ1) is 13.7. The van der Waals surface area contributed by atoms with E-state index in [4.69, 9.17) is 10.5 Å². The lowest BCUT2D eigenvalue weighted by Crippen LogP contribution is -2.19. The summed E-state index contributed by atoms with van der Waals surface area (Å²) in [4.78, 5) is 26.1. The second-order valence-corrected chi connectivity index (χ2v) is 5.29. The Bertz CT molecular complexity index is 507. The van der Waals surface area contributed by atoms with E-state index in [1.165, 1.54) is 25.5 Å². The molecule has 0 radical (unpaired) electrons. The van der Waals surface area contributed by atoms with E-state index in [-0.39, 0.29) is 11.6 Å². The molecule has 1 aromatic rings. The normalized spacial score (nSPS) is 14.5. The lowest BCUT2D eigenvalue weighted by Gasteiger charge is -2.16. The topological polar surface area (TPSA) is 84.7 Å². The smallest absolute Gasteiger partial charge is 0.343 e. The average molecular weight is 283 g/mol. The summed E-state index contributed by atoms with van der Waals surface area (Å²) in [6, 6.07) is 0. The molecule has 0 bridgehead atoms. The third-order valence-electron chi connectivity index (χ3n) is 3.14. The molecule has 104 valence electrons. The van der Waals surface area contributed by atoms with Crippen LogP contribution >= 0.6 is 11.3 Å². The second-order valence-electron chi connectivity index (χ2n) is 4.29. The van der Waals surface area contributed by atoms with Crippen LogP contribution in [0.4, 0.5) is 10.7 Å². The molecule has 0 aromatic carbocycles. The Morgan fingerprint density at radius 1 is 1.37 bits per heavy atom. The summed E-state index contributed by atoms with van der Waals surface area (Å²) in [6.45, 7) is 1.74. The Hall–Kier alpha value is -1.76. The van der Waals surface area contributed by atoms with Crippen LogP contribution in [0.25, 0.3) is 0 Å². The first-order valence-electron chi connectivity index (χ1n) is 6.07. The van der Waals surface area contributed by atoms with Crippen LogP contribution in [0.5, 0.6) is 0 Å².